The number of nitrogen functional groups attached to an aromatic ring is 1. The number of alkyl halides is 1. The summed E-state index contributed by atoms with van der Waals surface area (Å²) in [6.07, 6.45) is 3.29. The van der Waals surface area contributed by atoms with Crippen LogP contribution in [0.2, 0.25) is 5.02 Å². The molecule has 0 radical (unpaired) electrons. The highest BCUT2D eigenvalue weighted by Gasteiger charge is 2.29. The highest BCUT2D eigenvalue weighted by molar-refractivity contribution is 6.35. The molecule has 6 nitrogen and oxygen atoms in total. The molecule has 1 aliphatic carbocycles. The van der Waals surface area contributed by atoms with E-state index in [1.165, 1.54) is 6.20 Å². The summed E-state index contributed by atoms with van der Waals surface area (Å²) >= 11 is 6.27. The number of fused-ring (bicyclic) bond motifs is 1. The van der Waals surface area contributed by atoms with Crippen molar-refractivity contribution in [1.82, 2.24) is 14.5 Å². The number of hydrogen-bond acceptors (Lipinski definition) is 5. The molecule has 4 rings (SSSR count). The van der Waals surface area contributed by atoms with Crippen molar-refractivity contribution in [3.05, 3.63) is 57.1 Å². The predicted octanol–water partition coefficient (Wildman–Crippen LogP) is 4.00. The molecule has 3 N–H and O–H groups in total. The van der Waals surface area contributed by atoms with E-state index in [0.717, 1.165) is 23.9 Å². The van der Waals surface area contributed by atoms with Crippen LogP contribution in [0.1, 0.15) is 43.1 Å². The molecule has 1 aliphatic rings. The maximum absolute atomic E-state index is 13.1. The number of benzene rings is 1. The fourth-order valence-electron chi connectivity index (χ4n) is 3.26. The summed E-state index contributed by atoms with van der Waals surface area (Å²) < 4.78 is 14.6. The molecule has 2 heterocycles. The fourth-order valence-corrected chi connectivity index (χ4v) is 3.52. The number of rotatable bonds is 5. The Labute approximate surface area is 160 Å². The van der Waals surface area contributed by atoms with Crippen molar-refractivity contribution in [1.29, 1.82) is 0 Å². The first-order valence-corrected chi connectivity index (χ1v) is 9.15. The van der Waals surface area contributed by atoms with Gasteiger partial charge in [0.1, 0.15) is 12.5 Å². The molecule has 0 unspecified atom stereocenters. The summed E-state index contributed by atoms with van der Waals surface area (Å²) in [7, 11) is 0. The van der Waals surface area contributed by atoms with Gasteiger partial charge in [0.2, 0.25) is 5.95 Å². The standard InChI is InChI=1S/C19H19ClFN5O/c1-10(24-19-23-9-12(8-21)17(22)25-19)15-7-11-3-2-4-14(20)16(11)18(27)26(15)13-5-6-13/h2-4,7,9-10,13H,5-6,8H2,1H3,(H3,22,23,24,25)/t10-/m0/s1. The molecule has 0 saturated heterocycles. The predicted molar refractivity (Wildman–Crippen MR) is 105 cm³/mol. The zero-order chi connectivity index (χ0) is 19.1. The van der Waals surface area contributed by atoms with Crippen molar-refractivity contribution in [2.75, 3.05) is 11.1 Å². The molecular formula is C19H19ClFN5O. The van der Waals surface area contributed by atoms with Crippen molar-refractivity contribution in [2.24, 2.45) is 0 Å². The van der Waals surface area contributed by atoms with Crippen LogP contribution in [0, 0.1) is 0 Å². The van der Waals surface area contributed by atoms with Crippen LogP contribution < -0.4 is 16.6 Å². The minimum atomic E-state index is -0.714. The van der Waals surface area contributed by atoms with Gasteiger partial charge in [0.05, 0.1) is 16.5 Å². The number of aromatic nitrogens is 3. The van der Waals surface area contributed by atoms with E-state index in [1.807, 2.05) is 29.7 Å². The molecular weight excluding hydrogens is 369 g/mol. The molecule has 1 atom stereocenters. The Morgan fingerprint density at radius 1 is 1.44 bits per heavy atom. The molecule has 0 bridgehead atoms. The molecule has 0 spiro atoms. The lowest BCUT2D eigenvalue weighted by atomic mass is 10.1. The highest BCUT2D eigenvalue weighted by Crippen LogP contribution is 2.37. The molecule has 0 aliphatic heterocycles. The topological polar surface area (TPSA) is 85.8 Å². The number of halogens is 2. The third-order valence-corrected chi connectivity index (χ3v) is 5.12. The Kier molecular flexibility index (Phi) is 4.47. The Morgan fingerprint density at radius 2 is 2.22 bits per heavy atom. The van der Waals surface area contributed by atoms with Crippen molar-refractivity contribution < 1.29 is 4.39 Å². The lowest BCUT2D eigenvalue weighted by molar-refractivity contribution is 0.484. The maximum atomic E-state index is 13.1. The van der Waals surface area contributed by atoms with Crippen LogP contribution in [0.25, 0.3) is 10.8 Å². The second-order valence-electron chi connectivity index (χ2n) is 6.78. The summed E-state index contributed by atoms with van der Waals surface area (Å²) in [6.45, 7) is 1.21. The molecule has 3 aromatic rings. The zero-order valence-electron chi connectivity index (χ0n) is 14.7. The number of anilines is 2. The van der Waals surface area contributed by atoms with Crippen LogP contribution >= 0.6 is 11.6 Å². The van der Waals surface area contributed by atoms with Crippen LogP contribution in [0.4, 0.5) is 16.2 Å². The number of nitrogens with one attached hydrogen (secondary N) is 1. The molecule has 1 saturated carbocycles. The van der Waals surface area contributed by atoms with Crippen LogP contribution in [0.15, 0.2) is 35.3 Å². The molecule has 0 amide bonds. The van der Waals surface area contributed by atoms with E-state index in [1.54, 1.807) is 6.07 Å². The minimum absolute atomic E-state index is 0.0857. The number of nitrogens with zero attached hydrogens (tertiary/aromatic N) is 3. The third-order valence-electron chi connectivity index (χ3n) is 4.80. The van der Waals surface area contributed by atoms with E-state index < -0.39 is 6.67 Å². The van der Waals surface area contributed by atoms with Gasteiger partial charge in [0.25, 0.3) is 5.56 Å². The zero-order valence-corrected chi connectivity index (χ0v) is 15.5. The van der Waals surface area contributed by atoms with Crippen LogP contribution in [-0.4, -0.2) is 14.5 Å². The average Bonchev–Trinajstić information content (AvgIpc) is 3.46. The van der Waals surface area contributed by atoms with Crippen molar-refractivity contribution >= 4 is 34.1 Å². The third kappa shape index (κ3) is 3.23. The second-order valence-corrected chi connectivity index (χ2v) is 7.19. The van der Waals surface area contributed by atoms with Crippen LogP contribution in [-0.2, 0) is 6.67 Å². The molecule has 2 aromatic heterocycles. The number of pyridine rings is 1. The Balaban J connectivity index is 1.77. The SMILES string of the molecule is C[C@H](Nc1ncc(CF)c(N)n1)c1cc2cccc(Cl)c2c(=O)n1C1CC1. The molecule has 1 aromatic carbocycles. The van der Waals surface area contributed by atoms with Crippen molar-refractivity contribution in [3.8, 4) is 0 Å². The van der Waals surface area contributed by atoms with Gasteiger partial charge < -0.3 is 15.6 Å². The Morgan fingerprint density at radius 3 is 2.89 bits per heavy atom. The van der Waals surface area contributed by atoms with Crippen molar-refractivity contribution in [2.45, 2.75) is 38.5 Å². The first-order valence-electron chi connectivity index (χ1n) is 8.77. The van der Waals surface area contributed by atoms with Gasteiger partial charge in [-0.2, -0.15) is 4.98 Å². The summed E-state index contributed by atoms with van der Waals surface area (Å²) in [5.74, 6) is 0.394. The summed E-state index contributed by atoms with van der Waals surface area (Å²) in [5.41, 5.74) is 6.74. The largest absolute Gasteiger partial charge is 0.383 e. The van der Waals surface area contributed by atoms with E-state index in [0.29, 0.717) is 10.4 Å². The van der Waals surface area contributed by atoms with E-state index in [-0.39, 0.29) is 35.0 Å². The van der Waals surface area contributed by atoms with E-state index >= 15 is 0 Å². The van der Waals surface area contributed by atoms with Gasteiger partial charge in [0, 0.05) is 23.5 Å². The first-order chi connectivity index (χ1) is 13.0. The average molecular weight is 388 g/mol. The van der Waals surface area contributed by atoms with Crippen LogP contribution in [0.5, 0.6) is 0 Å². The monoisotopic (exact) mass is 387 g/mol. The quantitative estimate of drug-likeness (QED) is 0.691. The molecule has 1 fully saturated rings. The van der Waals surface area contributed by atoms with Gasteiger partial charge in [-0.1, -0.05) is 23.7 Å². The van der Waals surface area contributed by atoms with E-state index in [9.17, 15) is 9.18 Å². The van der Waals surface area contributed by atoms with Gasteiger partial charge in [-0.3, -0.25) is 4.79 Å². The number of hydrogen-bond donors (Lipinski definition) is 2. The fraction of sp³-hybridized carbons (Fsp3) is 0.316. The normalized spacial score (nSPS) is 15.1. The van der Waals surface area contributed by atoms with Gasteiger partial charge in [-0.05, 0) is 37.3 Å². The van der Waals surface area contributed by atoms with E-state index in [2.05, 4.69) is 15.3 Å². The van der Waals surface area contributed by atoms with E-state index in [4.69, 9.17) is 17.3 Å². The Bertz CT molecular complexity index is 1080. The molecule has 140 valence electrons. The summed E-state index contributed by atoms with van der Waals surface area (Å²) in [6, 6.07) is 7.33. The van der Waals surface area contributed by atoms with Gasteiger partial charge in [-0.15, -0.1) is 0 Å². The second kappa shape index (κ2) is 6.81. The van der Waals surface area contributed by atoms with Gasteiger partial charge in [-0.25, -0.2) is 9.37 Å². The molecule has 27 heavy (non-hydrogen) atoms. The number of nitrogens with two attached hydrogens (primary N) is 1. The minimum Gasteiger partial charge on any atom is -0.383 e. The molecule has 8 heteroatoms. The lowest BCUT2D eigenvalue weighted by Crippen LogP contribution is -2.26. The summed E-state index contributed by atoms with van der Waals surface area (Å²) in [4.78, 5) is 21.3. The van der Waals surface area contributed by atoms with Crippen LogP contribution in [0.3, 0.4) is 0 Å². The first kappa shape index (κ1) is 17.7. The Hall–Kier alpha value is -2.67. The smallest absolute Gasteiger partial charge is 0.260 e. The lowest BCUT2D eigenvalue weighted by Gasteiger charge is -2.21. The summed E-state index contributed by atoms with van der Waals surface area (Å²) in [5, 5.41) is 4.95. The van der Waals surface area contributed by atoms with Gasteiger partial charge in [0.15, 0.2) is 0 Å². The van der Waals surface area contributed by atoms with Crippen molar-refractivity contribution in [3.63, 3.8) is 0 Å². The van der Waals surface area contributed by atoms with Gasteiger partial charge >= 0.3 is 0 Å². The highest BCUT2D eigenvalue weighted by atomic mass is 35.5. The maximum Gasteiger partial charge on any atom is 0.260 e.